The molecule has 162 valence electrons. The maximum absolute atomic E-state index is 13.7. The third-order valence-electron chi connectivity index (χ3n) is 5.65. The van der Waals surface area contributed by atoms with Gasteiger partial charge in [0.2, 0.25) is 0 Å². The molecular weight excluding hydrogens is 400 g/mol. The number of hydrogen-bond donors (Lipinski definition) is 1. The molecule has 0 unspecified atom stereocenters. The van der Waals surface area contributed by atoms with Gasteiger partial charge in [0.25, 0.3) is 5.56 Å². The highest BCUT2D eigenvalue weighted by Gasteiger charge is 2.16. The third-order valence-corrected chi connectivity index (χ3v) is 5.65. The Bertz CT molecular complexity index is 1350. The lowest BCUT2D eigenvalue weighted by molar-refractivity contribution is 0.373. The summed E-state index contributed by atoms with van der Waals surface area (Å²) >= 11 is 0. The molecular formula is C27H26N2O3. The largest absolute Gasteiger partial charge is 0.504 e. The van der Waals surface area contributed by atoms with Crippen LogP contribution in [0.3, 0.4) is 0 Å². The van der Waals surface area contributed by atoms with E-state index < -0.39 is 0 Å². The number of hydrogen-bond acceptors (Lipinski definition) is 4. The zero-order valence-corrected chi connectivity index (χ0v) is 18.5. The molecule has 0 saturated carbocycles. The van der Waals surface area contributed by atoms with Crippen molar-refractivity contribution in [3.05, 3.63) is 93.5 Å². The molecule has 0 aliphatic rings. The van der Waals surface area contributed by atoms with Gasteiger partial charge >= 0.3 is 0 Å². The lowest BCUT2D eigenvalue weighted by atomic mass is 10.0. The molecule has 4 aromatic rings. The van der Waals surface area contributed by atoms with E-state index in [2.05, 4.69) is 26.0 Å². The van der Waals surface area contributed by atoms with Crippen LogP contribution in [0.4, 0.5) is 0 Å². The number of para-hydroxylation sites is 3. The van der Waals surface area contributed by atoms with Crippen LogP contribution in [0.2, 0.25) is 0 Å². The summed E-state index contributed by atoms with van der Waals surface area (Å²) in [4.78, 5) is 18.5. The molecule has 0 amide bonds. The summed E-state index contributed by atoms with van der Waals surface area (Å²) in [6, 6.07) is 18.8. The number of ether oxygens (including phenoxy) is 1. The van der Waals surface area contributed by atoms with Gasteiger partial charge in [-0.15, -0.1) is 0 Å². The van der Waals surface area contributed by atoms with Gasteiger partial charge in [-0.3, -0.25) is 9.36 Å². The Balaban J connectivity index is 2.01. The molecule has 5 nitrogen and oxygen atoms in total. The minimum Gasteiger partial charge on any atom is -0.504 e. The summed E-state index contributed by atoms with van der Waals surface area (Å²) < 4.78 is 6.92. The third kappa shape index (κ3) is 3.78. The van der Waals surface area contributed by atoms with E-state index >= 15 is 0 Å². The quantitative estimate of drug-likeness (QED) is 0.449. The van der Waals surface area contributed by atoms with E-state index in [-0.39, 0.29) is 11.3 Å². The van der Waals surface area contributed by atoms with E-state index in [1.165, 1.54) is 7.11 Å². The fourth-order valence-electron chi connectivity index (χ4n) is 3.98. The predicted octanol–water partition coefficient (Wildman–Crippen LogP) is 5.40. The summed E-state index contributed by atoms with van der Waals surface area (Å²) in [5.74, 6) is 0.941. The van der Waals surface area contributed by atoms with Gasteiger partial charge in [-0.2, -0.15) is 0 Å². The van der Waals surface area contributed by atoms with Crippen LogP contribution >= 0.6 is 0 Å². The SMILES string of the molecule is CCc1cccc(CC)c1-n1c(C=Cc2cccc(OC)c2O)nc2ccccc2c1=O. The van der Waals surface area contributed by atoms with E-state index in [4.69, 9.17) is 9.72 Å². The number of rotatable bonds is 6. The number of aryl methyl sites for hydroxylation is 2. The predicted molar refractivity (Wildman–Crippen MR) is 130 cm³/mol. The second-order valence-corrected chi connectivity index (χ2v) is 7.49. The molecule has 1 heterocycles. The standard InChI is InChI=1S/C27H26N2O3/c1-4-18-10-8-11-19(5-2)25(18)29-24(28-22-14-7-6-13-21(22)27(29)31)17-16-20-12-9-15-23(32-3)26(20)30/h6-17,30H,4-5H2,1-3H3. The first kappa shape index (κ1) is 21.4. The number of phenols is 1. The van der Waals surface area contributed by atoms with Gasteiger partial charge in [0.05, 0.1) is 23.7 Å². The van der Waals surface area contributed by atoms with Crippen molar-refractivity contribution in [3.63, 3.8) is 0 Å². The van der Waals surface area contributed by atoms with E-state index in [0.717, 1.165) is 29.7 Å². The number of methoxy groups -OCH3 is 1. The van der Waals surface area contributed by atoms with Crippen molar-refractivity contribution in [3.8, 4) is 17.2 Å². The minimum absolute atomic E-state index is 0.0455. The second-order valence-electron chi connectivity index (χ2n) is 7.49. The number of fused-ring (bicyclic) bond motifs is 1. The normalized spacial score (nSPS) is 11.3. The maximum atomic E-state index is 13.7. The molecule has 5 heteroatoms. The van der Waals surface area contributed by atoms with Crippen LogP contribution < -0.4 is 10.3 Å². The number of benzene rings is 3. The van der Waals surface area contributed by atoms with Gasteiger partial charge in [0.1, 0.15) is 5.82 Å². The number of aromatic hydroxyl groups is 1. The highest BCUT2D eigenvalue weighted by Crippen LogP contribution is 2.31. The van der Waals surface area contributed by atoms with Crippen LogP contribution in [0.5, 0.6) is 11.5 Å². The Morgan fingerprint density at radius 2 is 1.62 bits per heavy atom. The molecule has 0 radical (unpaired) electrons. The lowest BCUT2D eigenvalue weighted by Gasteiger charge is -2.18. The molecule has 0 aliphatic heterocycles. The fraction of sp³-hybridized carbons (Fsp3) is 0.185. The highest BCUT2D eigenvalue weighted by atomic mass is 16.5. The van der Waals surface area contributed by atoms with Crippen LogP contribution in [0.25, 0.3) is 28.7 Å². The van der Waals surface area contributed by atoms with Crippen molar-refractivity contribution in [2.45, 2.75) is 26.7 Å². The van der Waals surface area contributed by atoms with Gasteiger partial charge < -0.3 is 9.84 Å². The van der Waals surface area contributed by atoms with Gasteiger partial charge in [0, 0.05) is 5.56 Å². The van der Waals surface area contributed by atoms with Crippen molar-refractivity contribution in [1.82, 2.24) is 9.55 Å². The Morgan fingerprint density at radius 1 is 0.938 bits per heavy atom. The topological polar surface area (TPSA) is 64.3 Å². The van der Waals surface area contributed by atoms with Gasteiger partial charge in [-0.05, 0) is 54.3 Å². The van der Waals surface area contributed by atoms with E-state index in [0.29, 0.717) is 28.0 Å². The van der Waals surface area contributed by atoms with E-state index in [1.54, 1.807) is 34.9 Å². The van der Waals surface area contributed by atoms with E-state index in [1.807, 2.05) is 30.3 Å². The smallest absolute Gasteiger partial charge is 0.266 e. The lowest BCUT2D eigenvalue weighted by Crippen LogP contribution is -2.24. The molecule has 32 heavy (non-hydrogen) atoms. The Morgan fingerprint density at radius 3 is 2.31 bits per heavy atom. The van der Waals surface area contributed by atoms with Gasteiger partial charge in [-0.1, -0.05) is 56.3 Å². The Labute approximate surface area is 187 Å². The minimum atomic E-state index is -0.110. The maximum Gasteiger partial charge on any atom is 0.266 e. The second kappa shape index (κ2) is 9.10. The van der Waals surface area contributed by atoms with Crippen LogP contribution in [0.1, 0.15) is 36.4 Å². The summed E-state index contributed by atoms with van der Waals surface area (Å²) in [6.07, 6.45) is 5.11. The molecule has 0 saturated heterocycles. The monoisotopic (exact) mass is 426 g/mol. The van der Waals surface area contributed by atoms with Crippen molar-refractivity contribution >= 4 is 23.1 Å². The first-order valence-corrected chi connectivity index (χ1v) is 10.8. The summed E-state index contributed by atoms with van der Waals surface area (Å²) in [5.41, 5.74) is 4.16. The van der Waals surface area contributed by atoms with Gasteiger partial charge in [0.15, 0.2) is 11.5 Å². The van der Waals surface area contributed by atoms with Crippen LogP contribution in [-0.4, -0.2) is 21.8 Å². The van der Waals surface area contributed by atoms with Crippen LogP contribution in [0, 0.1) is 0 Å². The molecule has 0 aliphatic carbocycles. The highest BCUT2D eigenvalue weighted by molar-refractivity contribution is 5.81. The van der Waals surface area contributed by atoms with Crippen molar-refractivity contribution in [2.24, 2.45) is 0 Å². The Kier molecular flexibility index (Phi) is 6.08. The molecule has 1 N–H and O–H groups in total. The van der Waals surface area contributed by atoms with Crippen molar-refractivity contribution < 1.29 is 9.84 Å². The van der Waals surface area contributed by atoms with E-state index in [9.17, 15) is 9.90 Å². The Hall–Kier alpha value is -3.86. The molecule has 0 fully saturated rings. The average Bonchev–Trinajstić information content (AvgIpc) is 2.83. The van der Waals surface area contributed by atoms with Crippen LogP contribution in [0.15, 0.2) is 65.5 Å². The summed E-state index contributed by atoms with van der Waals surface area (Å²) in [6.45, 7) is 4.17. The van der Waals surface area contributed by atoms with Crippen molar-refractivity contribution in [1.29, 1.82) is 0 Å². The number of phenolic OH excluding ortho intramolecular Hbond substituents is 1. The summed E-state index contributed by atoms with van der Waals surface area (Å²) in [7, 11) is 1.51. The first-order chi connectivity index (χ1) is 15.6. The average molecular weight is 427 g/mol. The summed E-state index contributed by atoms with van der Waals surface area (Å²) in [5, 5.41) is 11.0. The van der Waals surface area contributed by atoms with Crippen molar-refractivity contribution in [2.75, 3.05) is 7.11 Å². The van der Waals surface area contributed by atoms with Crippen LogP contribution in [-0.2, 0) is 12.8 Å². The molecule has 0 spiro atoms. The number of aromatic nitrogens is 2. The molecule has 4 rings (SSSR count). The molecule has 0 atom stereocenters. The molecule has 3 aromatic carbocycles. The first-order valence-electron chi connectivity index (χ1n) is 10.8. The zero-order chi connectivity index (χ0) is 22.7. The molecule has 1 aromatic heterocycles. The zero-order valence-electron chi connectivity index (χ0n) is 18.5. The number of nitrogens with zero attached hydrogens (tertiary/aromatic N) is 2. The molecule has 0 bridgehead atoms. The fourth-order valence-corrected chi connectivity index (χ4v) is 3.98. The van der Waals surface area contributed by atoms with Gasteiger partial charge in [-0.25, -0.2) is 4.98 Å².